The molecule has 4 nitrogen and oxygen atoms in total. The lowest BCUT2D eigenvalue weighted by atomic mass is 9.82. The molecule has 2 aromatic rings. The maximum absolute atomic E-state index is 12.5. The summed E-state index contributed by atoms with van der Waals surface area (Å²) in [5.74, 6) is 0.996. The number of nitrogens with one attached hydrogen (secondary N) is 2. The van der Waals surface area contributed by atoms with Gasteiger partial charge in [-0.3, -0.25) is 4.79 Å². The van der Waals surface area contributed by atoms with Gasteiger partial charge in [0.25, 0.3) is 0 Å². The van der Waals surface area contributed by atoms with E-state index in [9.17, 15) is 4.79 Å². The van der Waals surface area contributed by atoms with Gasteiger partial charge in [-0.2, -0.15) is 0 Å². The minimum Gasteiger partial charge on any atom is -0.497 e. The summed E-state index contributed by atoms with van der Waals surface area (Å²) in [6.07, 6.45) is 2.01. The molecule has 3 rings (SSSR count). The van der Waals surface area contributed by atoms with Crippen LogP contribution in [0.25, 0.3) is 10.8 Å². The molecular weight excluding hydrogens is 288 g/mol. The lowest BCUT2D eigenvalue weighted by molar-refractivity contribution is -0.131. The lowest BCUT2D eigenvalue weighted by Gasteiger charge is -2.32. The number of ether oxygens (including phenoxy) is 1. The van der Waals surface area contributed by atoms with Gasteiger partial charge < -0.3 is 15.4 Å². The predicted molar refractivity (Wildman–Crippen MR) is 92.6 cm³/mol. The number of hydrogen-bond donors (Lipinski definition) is 2. The third-order valence-electron chi connectivity index (χ3n) is 4.71. The van der Waals surface area contributed by atoms with Crippen LogP contribution < -0.4 is 15.4 Å². The summed E-state index contributed by atoms with van der Waals surface area (Å²) in [6.45, 7) is 4.38. The molecule has 2 aromatic carbocycles. The summed E-state index contributed by atoms with van der Waals surface area (Å²) in [4.78, 5) is 12.5. The zero-order valence-electron chi connectivity index (χ0n) is 13.8. The van der Waals surface area contributed by atoms with Crippen LogP contribution in [0.4, 0.5) is 0 Å². The van der Waals surface area contributed by atoms with Crippen molar-refractivity contribution in [3.05, 3.63) is 42.0 Å². The monoisotopic (exact) mass is 312 g/mol. The Bertz CT molecular complexity index is 706. The minimum atomic E-state index is -0.289. The molecule has 1 heterocycles. The molecular formula is C19H24N2O2. The Kier molecular flexibility index (Phi) is 4.53. The molecule has 122 valence electrons. The lowest BCUT2D eigenvalue weighted by Crippen LogP contribution is -2.48. The molecule has 0 aromatic heterocycles. The second-order valence-electron chi connectivity index (χ2n) is 6.57. The second-order valence-corrected chi connectivity index (χ2v) is 6.57. The molecule has 1 unspecified atom stereocenters. The molecule has 0 radical (unpaired) electrons. The van der Waals surface area contributed by atoms with Gasteiger partial charge in [-0.15, -0.1) is 0 Å². The molecule has 0 saturated carbocycles. The molecule has 0 spiro atoms. The van der Waals surface area contributed by atoms with E-state index in [1.54, 1.807) is 7.11 Å². The third kappa shape index (κ3) is 3.48. The van der Waals surface area contributed by atoms with Crippen LogP contribution in [0.5, 0.6) is 5.75 Å². The van der Waals surface area contributed by atoms with Gasteiger partial charge in [0.1, 0.15) is 5.75 Å². The summed E-state index contributed by atoms with van der Waals surface area (Å²) in [6, 6.07) is 12.3. The minimum absolute atomic E-state index is 0.138. The molecule has 1 saturated heterocycles. The highest BCUT2D eigenvalue weighted by molar-refractivity contribution is 5.85. The zero-order valence-corrected chi connectivity index (χ0v) is 13.8. The van der Waals surface area contributed by atoms with Crippen LogP contribution in [-0.2, 0) is 11.3 Å². The van der Waals surface area contributed by atoms with Crippen molar-refractivity contribution in [2.75, 3.05) is 20.2 Å². The molecule has 1 atom stereocenters. The Hall–Kier alpha value is -2.07. The van der Waals surface area contributed by atoms with E-state index in [0.29, 0.717) is 6.54 Å². The average Bonchev–Trinajstić information content (AvgIpc) is 2.59. The first-order chi connectivity index (χ1) is 11.1. The van der Waals surface area contributed by atoms with Gasteiger partial charge in [-0.05, 0) is 60.8 Å². The van der Waals surface area contributed by atoms with Crippen molar-refractivity contribution in [1.82, 2.24) is 10.6 Å². The smallest absolute Gasteiger partial charge is 0.227 e. The molecule has 1 aliphatic heterocycles. The Morgan fingerprint density at radius 1 is 1.26 bits per heavy atom. The van der Waals surface area contributed by atoms with Crippen LogP contribution in [0.2, 0.25) is 0 Å². The summed E-state index contributed by atoms with van der Waals surface area (Å²) in [5.41, 5.74) is 0.825. The summed E-state index contributed by atoms with van der Waals surface area (Å²) < 4.78 is 5.25. The highest BCUT2D eigenvalue weighted by atomic mass is 16.5. The normalized spacial score (nSPS) is 21.1. The quantitative estimate of drug-likeness (QED) is 0.913. The fourth-order valence-corrected chi connectivity index (χ4v) is 3.16. The van der Waals surface area contributed by atoms with E-state index in [2.05, 4.69) is 28.8 Å². The number of rotatable bonds is 4. The fraction of sp³-hybridized carbons (Fsp3) is 0.421. The van der Waals surface area contributed by atoms with Crippen molar-refractivity contribution >= 4 is 16.7 Å². The second kappa shape index (κ2) is 6.59. The van der Waals surface area contributed by atoms with Crippen LogP contribution in [-0.4, -0.2) is 26.1 Å². The largest absolute Gasteiger partial charge is 0.497 e. The molecule has 2 N–H and O–H groups in total. The van der Waals surface area contributed by atoms with Crippen molar-refractivity contribution in [1.29, 1.82) is 0 Å². The van der Waals surface area contributed by atoms with Gasteiger partial charge in [0, 0.05) is 13.1 Å². The first kappa shape index (κ1) is 15.8. The first-order valence-electron chi connectivity index (χ1n) is 8.16. The summed E-state index contributed by atoms with van der Waals surface area (Å²) in [5, 5.41) is 8.71. The Balaban J connectivity index is 1.68. The number of benzene rings is 2. The molecule has 1 aliphatic rings. The number of methoxy groups -OCH3 is 1. The zero-order chi connectivity index (χ0) is 16.3. The number of carbonyl (C=O) groups is 1. The SMILES string of the molecule is COc1ccc2cc(CNC(=O)C3(C)CCCNC3)ccc2c1. The van der Waals surface area contributed by atoms with E-state index in [4.69, 9.17) is 4.74 Å². The van der Waals surface area contributed by atoms with Crippen molar-refractivity contribution in [3.63, 3.8) is 0 Å². The number of hydrogen-bond acceptors (Lipinski definition) is 3. The van der Waals surface area contributed by atoms with E-state index >= 15 is 0 Å². The summed E-state index contributed by atoms with van der Waals surface area (Å²) >= 11 is 0. The Labute approximate surface area is 137 Å². The van der Waals surface area contributed by atoms with Crippen LogP contribution >= 0.6 is 0 Å². The highest BCUT2D eigenvalue weighted by Crippen LogP contribution is 2.26. The van der Waals surface area contributed by atoms with E-state index in [1.807, 2.05) is 25.1 Å². The number of carbonyl (C=O) groups excluding carboxylic acids is 1. The Morgan fingerprint density at radius 3 is 2.78 bits per heavy atom. The van der Waals surface area contributed by atoms with Crippen molar-refractivity contribution in [2.24, 2.45) is 5.41 Å². The molecule has 4 heteroatoms. The topological polar surface area (TPSA) is 50.4 Å². The van der Waals surface area contributed by atoms with Gasteiger partial charge in [0.2, 0.25) is 5.91 Å². The maximum Gasteiger partial charge on any atom is 0.227 e. The molecule has 23 heavy (non-hydrogen) atoms. The van der Waals surface area contributed by atoms with Crippen LogP contribution in [0, 0.1) is 5.41 Å². The van der Waals surface area contributed by atoms with E-state index < -0.39 is 0 Å². The standard InChI is InChI=1S/C19H24N2O2/c1-19(8-3-9-20-13-19)18(22)21-12-14-4-5-16-11-17(23-2)7-6-15(16)10-14/h4-7,10-11,20H,3,8-9,12-13H2,1-2H3,(H,21,22). The van der Waals surface area contributed by atoms with Gasteiger partial charge in [-0.1, -0.05) is 18.2 Å². The fourth-order valence-electron chi connectivity index (χ4n) is 3.16. The maximum atomic E-state index is 12.5. The highest BCUT2D eigenvalue weighted by Gasteiger charge is 2.34. The number of fused-ring (bicyclic) bond motifs is 1. The first-order valence-corrected chi connectivity index (χ1v) is 8.16. The third-order valence-corrected chi connectivity index (χ3v) is 4.71. The van der Waals surface area contributed by atoms with Gasteiger partial charge in [-0.25, -0.2) is 0 Å². The predicted octanol–water partition coefficient (Wildman–Crippen LogP) is 2.85. The van der Waals surface area contributed by atoms with E-state index in [1.165, 1.54) is 0 Å². The van der Waals surface area contributed by atoms with Gasteiger partial charge in [0.15, 0.2) is 0 Å². The van der Waals surface area contributed by atoms with E-state index in [0.717, 1.165) is 48.0 Å². The number of amides is 1. The number of piperidine rings is 1. The Morgan fingerprint density at radius 2 is 2.04 bits per heavy atom. The van der Waals surface area contributed by atoms with Crippen molar-refractivity contribution < 1.29 is 9.53 Å². The van der Waals surface area contributed by atoms with E-state index in [-0.39, 0.29) is 11.3 Å². The van der Waals surface area contributed by atoms with Crippen LogP contribution in [0.1, 0.15) is 25.3 Å². The average molecular weight is 312 g/mol. The van der Waals surface area contributed by atoms with Gasteiger partial charge >= 0.3 is 0 Å². The van der Waals surface area contributed by atoms with Crippen molar-refractivity contribution in [2.45, 2.75) is 26.3 Å². The molecule has 1 amide bonds. The molecule has 0 aliphatic carbocycles. The van der Waals surface area contributed by atoms with Crippen LogP contribution in [0.3, 0.4) is 0 Å². The molecule has 1 fully saturated rings. The van der Waals surface area contributed by atoms with Gasteiger partial charge in [0.05, 0.1) is 12.5 Å². The van der Waals surface area contributed by atoms with Crippen LogP contribution in [0.15, 0.2) is 36.4 Å². The molecule has 0 bridgehead atoms. The summed E-state index contributed by atoms with van der Waals surface area (Å²) in [7, 11) is 1.67. The van der Waals surface area contributed by atoms with Crippen molar-refractivity contribution in [3.8, 4) is 5.75 Å².